The van der Waals surface area contributed by atoms with Crippen LogP contribution in [-0.4, -0.2) is 47.4 Å². The van der Waals surface area contributed by atoms with Crippen molar-refractivity contribution in [1.82, 2.24) is 5.32 Å². The predicted molar refractivity (Wildman–Crippen MR) is 255 cm³/mol. The van der Waals surface area contributed by atoms with Crippen LogP contribution < -0.4 is 5.32 Å². The summed E-state index contributed by atoms with van der Waals surface area (Å²) in [5.74, 6) is -0.0713. The van der Waals surface area contributed by atoms with E-state index in [0.29, 0.717) is 19.4 Å². The monoisotopic (exact) mass is 832 g/mol. The van der Waals surface area contributed by atoms with Crippen LogP contribution in [0.5, 0.6) is 0 Å². The number of hydrogen-bond donors (Lipinski definition) is 3. The molecule has 0 aromatic rings. The number of carbonyl (C=O) groups is 2. The molecule has 348 valence electrons. The topological polar surface area (TPSA) is 95.9 Å². The molecule has 2 unspecified atom stereocenters. The summed E-state index contributed by atoms with van der Waals surface area (Å²) in [6, 6.07) is -0.626. The van der Waals surface area contributed by atoms with E-state index < -0.39 is 12.1 Å². The van der Waals surface area contributed by atoms with Gasteiger partial charge >= 0.3 is 5.97 Å². The molecule has 6 nitrogen and oxygen atoms in total. The molecule has 6 heteroatoms. The van der Waals surface area contributed by atoms with Crippen molar-refractivity contribution in [1.29, 1.82) is 0 Å². The first-order valence-electron chi connectivity index (χ1n) is 26.1. The van der Waals surface area contributed by atoms with Crippen LogP contribution in [0.4, 0.5) is 0 Å². The van der Waals surface area contributed by atoms with E-state index in [1.54, 1.807) is 6.08 Å². The maximum absolute atomic E-state index is 12.4. The predicted octanol–water partition coefficient (Wildman–Crippen LogP) is 15.5. The number of aliphatic hydroxyl groups is 2. The highest BCUT2D eigenvalue weighted by molar-refractivity contribution is 5.76. The van der Waals surface area contributed by atoms with Crippen LogP contribution >= 0.6 is 0 Å². The Labute approximate surface area is 367 Å². The van der Waals surface area contributed by atoms with Gasteiger partial charge in [-0.05, 0) is 51.4 Å². The van der Waals surface area contributed by atoms with E-state index >= 15 is 0 Å². The number of allylic oxidation sites excluding steroid dienone is 3. The van der Waals surface area contributed by atoms with E-state index in [2.05, 4.69) is 31.3 Å². The summed E-state index contributed by atoms with van der Waals surface area (Å²) in [4.78, 5) is 24.3. The molecular formula is C53H101NO5. The minimum Gasteiger partial charge on any atom is -0.466 e. The van der Waals surface area contributed by atoms with Crippen molar-refractivity contribution in [2.75, 3.05) is 13.2 Å². The van der Waals surface area contributed by atoms with Gasteiger partial charge in [0.1, 0.15) is 0 Å². The largest absolute Gasteiger partial charge is 0.466 e. The Morgan fingerprint density at radius 1 is 0.458 bits per heavy atom. The molecule has 59 heavy (non-hydrogen) atoms. The molecule has 3 N–H and O–H groups in total. The Morgan fingerprint density at radius 2 is 0.814 bits per heavy atom. The standard InChI is InChI=1S/C53H101NO5/c1-3-5-7-9-11-13-26-31-35-39-43-47-53(58)59-48-44-40-36-32-28-25-23-21-19-17-15-16-18-20-22-24-27-30-34-38-42-46-52(57)54-50(49-55)51(56)45-41-37-33-29-14-12-10-8-6-4-2/h9,11,41,45,50-51,55-56H,3-8,10,12-40,42-44,46-49H2,1-2H3,(H,54,57)/b11-9-,45-41+. The highest BCUT2D eigenvalue weighted by Crippen LogP contribution is 2.16. The number of nitrogens with one attached hydrogen (secondary N) is 1. The molecule has 0 saturated carbocycles. The fraction of sp³-hybridized carbons (Fsp3) is 0.887. The van der Waals surface area contributed by atoms with E-state index in [1.807, 2.05) is 6.08 Å². The number of hydrogen-bond acceptors (Lipinski definition) is 5. The Bertz CT molecular complexity index is 920. The van der Waals surface area contributed by atoms with Gasteiger partial charge in [0, 0.05) is 12.8 Å². The third-order valence-corrected chi connectivity index (χ3v) is 12.0. The van der Waals surface area contributed by atoms with Gasteiger partial charge in [0.15, 0.2) is 0 Å². The number of carbonyl (C=O) groups excluding carboxylic acids is 2. The lowest BCUT2D eigenvalue weighted by Crippen LogP contribution is -2.45. The number of amides is 1. The Balaban J connectivity index is 3.39. The second-order valence-corrected chi connectivity index (χ2v) is 17.9. The van der Waals surface area contributed by atoms with Crippen LogP contribution in [0.2, 0.25) is 0 Å². The fourth-order valence-corrected chi connectivity index (χ4v) is 7.91. The molecule has 0 aromatic heterocycles. The molecule has 0 aromatic carbocycles. The van der Waals surface area contributed by atoms with E-state index in [4.69, 9.17) is 4.74 Å². The van der Waals surface area contributed by atoms with Crippen molar-refractivity contribution in [2.24, 2.45) is 0 Å². The summed E-state index contributed by atoms with van der Waals surface area (Å²) < 4.78 is 5.45. The lowest BCUT2D eigenvalue weighted by molar-refractivity contribution is -0.143. The van der Waals surface area contributed by atoms with Crippen molar-refractivity contribution in [3.63, 3.8) is 0 Å². The van der Waals surface area contributed by atoms with Crippen LogP contribution in [-0.2, 0) is 14.3 Å². The van der Waals surface area contributed by atoms with E-state index in [9.17, 15) is 19.8 Å². The fourth-order valence-electron chi connectivity index (χ4n) is 7.91. The first-order chi connectivity index (χ1) is 29.0. The first-order valence-corrected chi connectivity index (χ1v) is 26.1. The molecule has 0 aliphatic rings. The summed E-state index contributed by atoms with van der Waals surface area (Å²) in [5, 5.41) is 22.9. The molecule has 2 atom stereocenters. The lowest BCUT2D eigenvalue weighted by atomic mass is 10.0. The second kappa shape index (κ2) is 49.0. The normalized spacial score (nSPS) is 12.8. The third-order valence-electron chi connectivity index (χ3n) is 12.0. The molecule has 0 saturated heterocycles. The third kappa shape index (κ3) is 45.7. The van der Waals surface area contributed by atoms with Crippen LogP contribution in [0.25, 0.3) is 0 Å². The minimum absolute atomic E-state index is 0.000246. The van der Waals surface area contributed by atoms with Gasteiger partial charge in [0.05, 0.1) is 25.4 Å². The number of aliphatic hydroxyl groups excluding tert-OH is 2. The molecule has 0 rings (SSSR count). The quantitative estimate of drug-likeness (QED) is 0.0322. The van der Waals surface area contributed by atoms with E-state index in [0.717, 1.165) is 44.9 Å². The molecule has 0 radical (unpaired) electrons. The van der Waals surface area contributed by atoms with Gasteiger partial charge in [-0.2, -0.15) is 0 Å². The number of rotatable bonds is 48. The maximum Gasteiger partial charge on any atom is 0.305 e. The van der Waals surface area contributed by atoms with Crippen LogP contribution in [0.1, 0.15) is 277 Å². The number of ether oxygens (including phenoxy) is 1. The molecule has 0 fully saturated rings. The zero-order valence-corrected chi connectivity index (χ0v) is 39.5. The van der Waals surface area contributed by atoms with Gasteiger partial charge in [0.25, 0.3) is 0 Å². The van der Waals surface area contributed by atoms with E-state index in [1.165, 1.54) is 205 Å². The average Bonchev–Trinajstić information content (AvgIpc) is 3.24. The van der Waals surface area contributed by atoms with Gasteiger partial charge < -0.3 is 20.3 Å². The second-order valence-electron chi connectivity index (χ2n) is 17.9. The molecular weight excluding hydrogens is 731 g/mol. The zero-order valence-electron chi connectivity index (χ0n) is 39.5. The van der Waals surface area contributed by atoms with Gasteiger partial charge in [-0.1, -0.05) is 237 Å². The van der Waals surface area contributed by atoms with Gasteiger partial charge in [-0.15, -0.1) is 0 Å². The summed E-state index contributed by atoms with van der Waals surface area (Å²) in [7, 11) is 0. The van der Waals surface area contributed by atoms with Crippen molar-refractivity contribution >= 4 is 11.9 Å². The summed E-state index contributed by atoms with van der Waals surface area (Å²) in [5.41, 5.74) is 0. The van der Waals surface area contributed by atoms with Crippen LogP contribution in [0, 0.1) is 0 Å². The summed E-state index contributed by atoms with van der Waals surface area (Å²) in [6.07, 6.45) is 57.6. The number of esters is 1. The maximum atomic E-state index is 12.4. The van der Waals surface area contributed by atoms with Crippen molar-refractivity contribution in [2.45, 2.75) is 289 Å². The van der Waals surface area contributed by atoms with Crippen molar-refractivity contribution in [3.8, 4) is 0 Å². The Morgan fingerprint density at radius 3 is 1.25 bits per heavy atom. The Hall–Kier alpha value is -1.66. The number of unbranched alkanes of at least 4 members (excludes halogenated alkanes) is 35. The van der Waals surface area contributed by atoms with E-state index in [-0.39, 0.29) is 18.5 Å². The lowest BCUT2D eigenvalue weighted by Gasteiger charge is -2.20. The van der Waals surface area contributed by atoms with Crippen molar-refractivity contribution < 1.29 is 24.5 Å². The molecule has 0 aliphatic carbocycles. The molecule has 0 heterocycles. The SMILES string of the molecule is CCCC/C=C\CCCCCCCC(=O)OCCCCCCCCCCCCCCCCCCCCCCCC(=O)NC(CO)C(O)/C=C/CCCCCCCCCC. The van der Waals surface area contributed by atoms with Gasteiger partial charge in [-0.3, -0.25) is 9.59 Å². The van der Waals surface area contributed by atoms with Crippen LogP contribution in [0.3, 0.4) is 0 Å². The highest BCUT2D eigenvalue weighted by atomic mass is 16.5. The molecule has 1 amide bonds. The van der Waals surface area contributed by atoms with Crippen molar-refractivity contribution in [3.05, 3.63) is 24.3 Å². The molecule has 0 spiro atoms. The zero-order chi connectivity index (χ0) is 43.0. The van der Waals surface area contributed by atoms with Gasteiger partial charge in [0.2, 0.25) is 5.91 Å². The molecule has 0 aliphatic heterocycles. The Kier molecular flexibility index (Phi) is 47.6. The highest BCUT2D eigenvalue weighted by Gasteiger charge is 2.18. The summed E-state index contributed by atoms with van der Waals surface area (Å²) >= 11 is 0. The average molecular weight is 832 g/mol. The van der Waals surface area contributed by atoms with Crippen LogP contribution in [0.15, 0.2) is 24.3 Å². The van der Waals surface area contributed by atoms with Gasteiger partial charge in [-0.25, -0.2) is 0 Å². The minimum atomic E-state index is -0.842. The smallest absolute Gasteiger partial charge is 0.305 e. The molecule has 0 bridgehead atoms. The summed E-state index contributed by atoms with van der Waals surface area (Å²) in [6.45, 7) is 4.84. The first kappa shape index (κ1) is 57.3.